The van der Waals surface area contributed by atoms with Crippen molar-refractivity contribution in [1.82, 2.24) is 4.57 Å². The van der Waals surface area contributed by atoms with Crippen LogP contribution in [0.5, 0.6) is 0 Å². The van der Waals surface area contributed by atoms with E-state index in [2.05, 4.69) is 0 Å². The summed E-state index contributed by atoms with van der Waals surface area (Å²) in [6.07, 6.45) is 1.23. The molecular formula is C11H12ClNO2S. The van der Waals surface area contributed by atoms with Crippen molar-refractivity contribution in [2.75, 3.05) is 6.26 Å². The summed E-state index contributed by atoms with van der Waals surface area (Å²) in [5.41, 5.74) is 1.71. The second-order valence-corrected chi connectivity index (χ2v) is 6.48. The molecule has 86 valence electrons. The number of hydrogen-bond acceptors (Lipinski definition) is 2. The summed E-state index contributed by atoms with van der Waals surface area (Å²) in [6.45, 7) is 0. The van der Waals surface area contributed by atoms with Gasteiger partial charge in [0.05, 0.1) is 5.75 Å². The summed E-state index contributed by atoms with van der Waals surface area (Å²) in [6, 6.07) is 7.41. The fourth-order valence-electron chi connectivity index (χ4n) is 1.79. The number of aryl methyl sites for hydroxylation is 1. The van der Waals surface area contributed by atoms with Crippen molar-refractivity contribution in [3.8, 4) is 0 Å². The lowest BCUT2D eigenvalue weighted by Crippen LogP contribution is -2.05. The largest absolute Gasteiger partial charge is 0.347 e. The van der Waals surface area contributed by atoms with Gasteiger partial charge in [0.25, 0.3) is 0 Å². The smallest absolute Gasteiger partial charge is 0.153 e. The number of hydrogen-bond donors (Lipinski definition) is 0. The quantitative estimate of drug-likeness (QED) is 0.829. The predicted octanol–water partition coefficient (Wildman–Crippen LogP) is 2.38. The van der Waals surface area contributed by atoms with Crippen LogP contribution in [-0.4, -0.2) is 19.2 Å². The van der Waals surface area contributed by atoms with Gasteiger partial charge in [0, 0.05) is 34.9 Å². The van der Waals surface area contributed by atoms with E-state index in [-0.39, 0.29) is 5.75 Å². The highest BCUT2D eigenvalue weighted by Gasteiger charge is 2.12. The Morgan fingerprint density at radius 3 is 2.62 bits per heavy atom. The Morgan fingerprint density at radius 2 is 2.06 bits per heavy atom. The molecule has 0 spiro atoms. The molecule has 1 heterocycles. The molecule has 16 heavy (non-hydrogen) atoms. The van der Waals surface area contributed by atoms with Crippen LogP contribution in [0, 0.1) is 0 Å². The lowest BCUT2D eigenvalue weighted by molar-refractivity contribution is 0.599. The first-order valence-corrected chi connectivity index (χ1v) is 7.23. The number of rotatable bonds is 2. The van der Waals surface area contributed by atoms with Gasteiger partial charge in [0.1, 0.15) is 0 Å². The zero-order valence-corrected chi connectivity index (χ0v) is 10.6. The van der Waals surface area contributed by atoms with Crippen molar-refractivity contribution < 1.29 is 8.42 Å². The number of halogens is 1. The van der Waals surface area contributed by atoms with E-state index < -0.39 is 9.84 Å². The van der Waals surface area contributed by atoms with Crippen molar-refractivity contribution in [2.45, 2.75) is 5.75 Å². The molecule has 0 aliphatic rings. The average molecular weight is 258 g/mol. The lowest BCUT2D eigenvalue weighted by atomic mass is 10.2. The van der Waals surface area contributed by atoms with Crippen LogP contribution in [0.15, 0.2) is 24.3 Å². The highest BCUT2D eigenvalue weighted by atomic mass is 35.5. The zero-order valence-electron chi connectivity index (χ0n) is 9.07. The van der Waals surface area contributed by atoms with E-state index in [1.807, 2.05) is 29.8 Å². The van der Waals surface area contributed by atoms with E-state index in [4.69, 9.17) is 11.6 Å². The number of aromatic nitrogens is 1. The van der Waals surface area contributed by atoms with Gasteiger partial charge >= 0.3 is 0 Å². The fourth-order valence-corrected chi connectivity index (χ4v) is 2.82. The molecule has 0 bridgehead atoms. The molecule has 1 aromatic carbocycles. The number of nitrogens with zero attached hydrogens (tertiary/aromatic N) is 1. The number of fused-ring (bicyclic) bond motifs is 1. The van der Waals surface area contributed by atoms with Crippen LogP contribution < -0.4 is 0 Å². The highest BCUT2D eigenvalue weighted by molar-refractivity contribution is 7.89. The summed E-state index contributed by atoms with van der Waals surface area (Å²) in [4.78, 5) is 0. The topological polar surface area (TPSA) is 39.1 Å². The number of benzene rings is 1. The third kappa shape index (κ3) is 2.08. The van der Waals surface area contributed by atoms with Gasteiger partial charge in [-0.25, -0.2) is 8.42 Å². The van der Waals surface area contributed by atoms with Crippen molar-refractivity contribution in [1.29, 1.82) is 0 Å². The summed E-state index contributed by atoms with van der Waals surface area (Å²) < 4.78 is 24.4. The molecule has 5 heteroatoms. The van der Waals surface area contributed by atoms with Crippen molar-refractivity contribution in [2.24, 2.45) is 7.05 Å². The van der Waals surface area contributed by atoms with E-state index in [0.717, 1.165) is 16.6 Å². The van der Waals surface area contributed by atoms with E-state index in [1.54, 1.807) is 6.07 Å². The first kappa shape index (κ1) is 11.5. The Bertz CT molecular complexity index is 643. The molecule has 2 aromatic rings. The van der Waals surface area contributed by atoms with Gasteiger partial charge in [0.2, 0.25) is 0 Å². The molecule has 0 radical (unpaired) electrons. The Kier molecular flexibility index (Phi) is 2.72. The van der Waals surface area contributed by atoms with E-state index in [9.17, 15) is 8.42 Å². The Labute approximate surface area is 99.6 Å². The van der Waals surface area contributed by atoms with Gasteiger partial charge in [-0.15, -0.1) is 0 Å². The van der Waals surface area contributed by atoms with Gasteiger partial charge in [-0.05, 0) is 18.2 Å². The number of sulfone groups is 1. The third-order valence-corrected chi connectivity index (χ3v) is 3.69. The van der Waals surface area contributed by atoms with Crippen molar-refractivity contribution in [3.63, 3.8) is 0 Å². The highest BCUT2D eigenvalue weighted by Crippen LogP contribution is 2.26. The molecule has 0 atom stereocenters. The molecular weight excluding hydrogens is 246 g/mol. The standard InChI is InChI=1S/C11H12ClNO2S/c1-13-8(7-16(2,14)15)6-9-10(12)4-3-5-11(9)13/h3-6H,7H2,1-2H3. The second-order valence-electron chi connectivity index (χ2n) is 3.94. The molecule has 0 saturated heterocycles. The Balaban J connectivity index is 2.65. The van der Waals surface area contributed by atoms with Crippen molar-refractivity contribution >= 4 is 32.3 Å². The molecule has 0 saturated carbocycles. The van der Waals surface area contributed by atoms with Crippen LogP contribution in [0.4, 0.5) is 0 Å². The Hall–Kier alpha value is -1.00. The predicted molar refractivity (Wildman–Crippen MR) is 66.5 cm³/mol. The minimum absolute atomic E-state index is 0.0362. The van der Waals surface area contributed by atoms with E-state index in [0.29, 0.717) is 5.02 Å². The van der Waals surface area contributed by atoms with Gasteiger partial charge in [-0.3, -0.25) is 0 Å². The van der Waals surface area contributed by atoms with E-state index >= 15 is 0 Å². The van der Waals surface area contributed by atoms with Gasteiger partial charge in [-0.1, -0.05) is 17.7 Å². The SMILES string of the molecule is Cn1c(CS(C)(=O)=O)cc2c(Cl)cccc21. The lowest BCUT2D eigenvalue weighted by Gasteiger charge is -2.02. The first-order valence-electron chi connectivity index (χ1n) is 4.79. The van der Waals surface area contributed by atoms with Crippen LogP contribution in [-0.2, 0) is 22.6 Å². The first-order chi connectivity index (χ1) is 7.38. The second kappa shape index (κ2) is 3.79. The van der Waals surface area contributed by atoms with Gasteiger partial charge in [-0.2, -0.15) is 0 Å². The summed E-state index contributed by atoms with van der Waals surface area (Å²) >= 11 is 6.05. The minimum atomic E-state index is -3.02. The normalized spacial score (nSPS) is 12.2. The maximum absolute atomic E-state index is 11.3. The summed E-state index contributed by atoms with van der Waals surface area (Å²) in [5.74, 6) is 0.0362. The molecule has 1 aromatic heterocycles. The molecule has 2 rings (SSSR count). The van der Waals surface area contributed by atoms with Crippen LogP contribution >= 0.6 is 11.6 Å². The maximum Gasteiger partial charge on any atom is 0.153 e. The average Bonchev–Trinajstić information content (AvgIpc) is 2.44. The minimum Gasteiger partial charge on any atom is -0.347 e. The van der Waals surface area contributed by atoms with Crippen molar-refractivity contribution in [3.05, 3.63) is 35.0 Å². The molecule has 0 fully saturated rings. The summed E-state index contributed by atoms with van der Waals surface area (Å²) in [7, 11) is -1.18. The Morgan fingerprint density at radius 1 is 1.38 bits per heavy atom. The molecule has 0 N–H and O–H groups in total. The van der Waals surface area contributed by atoms with Crippen LogP contribution in [0.25, 0.3) is 10.9 Å². The monoisotopic (exact) mass is 257 g/mol. The van der Waals surface area contributed by atoms with Gasteiger partial charge in [0.15, 0.2) is 9.84 Å². The summed E-state index contributed by atoms with van der Waals surface area (Å²) in [5, 5.41) is 1.54. The molecule has 0 aliphatic carbocycles. The van der Waals surface area contributed by atoms with Crippen LogP contribution in [0.1, 0.15) is 5.69 Å². The zero-order chi connectivity index (χ0) is 11.9. The maximum atomic E-state index is 11.3. The fraction of sp³-hybridized carbons (Fsp3) is 0.273. The van der Waals surface area contributed by atoms with E-state index in [1.165, 1.54) is 6.26 Å². The van der Waals surface area contributed by atoms with Gasteiger partial charge < -0.3 is 4.57 Å². The molecule has 0 amide bonds. The molecule has 3 nitrogen and oxygen atoms in total. The third-order valence-electron chi connectivity index (χ3n) is 2.54. The molecule has 0 unspecified atom stereocenters. The van der Waals surface area contributed by atoms with Crippen LogP contribution in [0.2, 0.25) is 5.02 Å². The molecule has 0 aliphatic heterocycles. The van der Waals surface area contributed by atoms with Crippen LogP contribution in [0.3, 0.4) is 0 Å².